The van der Waals surface area contributed by atoms with E-state index in [-0.39, 0.29) is 13.2 Å². The normalized spacial score (nSPS) is 31.3. The van der Waals surface area contributed by atoms with Gasteiger partial charge in [0, 0.05) is 34.6 Å². The molecule has 3 N–H and O–H groups in total. The first kappa shape index (κ1) is 35.8. The van der Waals surface area contributed by atoms with Gasteiger partial charge in [0.1, 0.15) is 37.1 Å². The van der Waals surface area contributed by atoms with Crippen molar-refractivity contribution in [1.29, 1.82) is 0 Å². The van der Waals surface area contributed by atoms with E-state index in [4.69, 9.17) is 37.9 Å². The van der Waals surface area contributed by atoms with Gasteiger partial charge in [-0.1, -0.05) is 30.3 Å². The molecule has 2 fully saturated rings. The van der Waals surface area contributed by atoms with E-state index in [1.165, 1.54) is 6.92 Å². The van der Waals surface area contributed by atoms with Gasteiger partial charge in [0.25, 0.3) is 0 Å². The highest BCUT2D eigenvalue weighted by molar-refractivity contribution is 5.73. The number of benzene rings is 1. The lowest BCUT2D eigenvalue weighted by Gasteiger charge is -2.48. The number of nitrogens with one attached hydrogen (secondary N) is 1. The first-order chi connectivity index (χ1) is 21.3. The van der Waals surface area contributed by atoms with E-state index in [2.05, 4.69) is 5.32 Å². The minimum Gasteiger partial charge on any atom is -0.463 e. The van der Waals surface area contributed by atoms with Crippen molar-refractivity contribution in [3.05, 3.63) is 35.9 Å². The fourth-order valence-electron chi connectivity index (χ4n) is 4.95. The van der Waals surface area contributed by atoms with E-state index in [0.717, 1.165) is 33.3 Å². The number of amides is 1. The molecule has 1 amide bonds. The number of ether oxygens (including phenoxy) is 8. The summed E-state index contributed by atoms with van der Waals surface area (Å²) in [6.45, 7) is 4.92. The zero-order valence-electron chi connectivity index (χ0n) is 25.5. The fourth-order valence-corrected chi connectivity index (χ4v) is 4.95. The molecule has 1 aromatic carbocycles. The summed E-state index contributed by atoms with van der Waals surface area (Å²) in [5.74, 6) is -3.81. The van der Waals surface area contributed by atoms with Crippen LogP contribution in [0.4, 0.5) is 0 Å². The Kier molecular flexibility index (Phi) is 13.2. The molecule has 2 saturated heterocycles. The molecule has 10 atom stereocenters. The Morgan fingerprint density at radius 2 is 1.31 bits per heavy atom. The molecule has 16 nitrogen and oxygen atoms in total. The van der Waals surface area contributed by atoms with E-state index in [9.17, 15) is 34.2 Å². The average Bonchev–Trinajstić information content (AvgIpc) is 2.94. The molecule has 0 aromatic heterocycles. The Labute approximate surface area is 259 Å². The Morgan fingerprint density at radius 1 is 0.733 bits per heavy atom. The smallest absolute Gasteiger partial charge is 0.303 e. The van der Waals surface area contributed by atoms with Gasteiger partial charge in [-0.2, -0.15) is 0 Å². The molecule has 0 spiro atoms. The van der Waals surface area contributed by atoms with Gasteiger partial charge in [-0.15, -0.1) is 0 Å². The standard InChI is InChI=1S/C29H39NO15/c1-14(31)30-22-23(36)24(20(43-28(22)37)12-38-11-19-9-7-6-8-10-19)45-29-27(42-18(5)35)26(41-17(4)34)25(40-16(3)33)21(44-29)13-39-15(2)32/h6-10,20-29,36-37H,11-13H2,1-5H3,(H,30,31)/t20-,21+,22+,23-,24-,25+,26-,27+,28+,29-/m1/s1. The van der Waals surface area contributed by atoms with Gasteiger partial charge in [-0.05, 0) is 5.56 Å². The molecular weight excluding hydrogens is 602 g/mol. The summed E-state index contributed by atoms with van der Waals surface area (Å²) >= 11 is 0. The maximum atomic E-state index is 12.2. The van der Waals surface area contributed by atoms with E-state index in [0.29, 0.717) is 0 Å². The van der Waals surface area contributed by atoms with Gasteiger partial charge < -0.3 is 53.4 Å². The minimum absolute atomic E-state index is 0.133. The maximum absolute atomic E-state index is 12.2. The van der Waals surface area contributed by atoms with Crippen molar-refractivity contribution in [3.63, 3.8) is 0 Å². The quantitative estimate of drug-likeness (QED) is 0.189. The molecule has 0 radical (unpaired) electrons. The third-order valence-corrected chi connectivity index (χ3v) is 6.70. The molecule has 45 heavy (non-hydrogen) atoms. The number of hydrogen-bond donors (Lipinski definition) is 3. The lowest BCUT2D eigenvalue weighted by Crippen LogP contribution is -2.68. The number of esters is 4. The largest absolute Gasteiger partial charge is 0.463 e. The first-order valence-electron chi connectivity index (χ1n) is 14.1. The molecule has 0 aliphatic carbocycles. The summed E-state index contributed by atoms with van der Waals surface area (Å²) in [6.07, 6.45) is -13.5. The van der Waals surface area contributed by atoms with Gasteiger partial charge in [-0.25, -0.2) is 0 Å². The van der Waals surface area contributed by atoms with Gasteiger partial charge in [0.2, 0.25) is 5.91 Å². The highest BCUT2D eigenvalue weighted by atomic mass is 16.7. The molecule has 2 aliphatic rings. The van der Waals surface area contributed by atoms with Crippen molar-refractivity contribution in [2.24, 2.45) is 0 Å². The Hall–Kier alpha value is -3.67. The summed E-state index contributed by atoms with van der Waals surface area (Å²) in [5.41, 5.74) is 0.822. The summed E-state index contributed by atoms with van der Waals surface area (Å²) in [7, 11) is 0. The molecule has 3 rings (SSSR count). The fraction of sp³-hybridized carbons (Fsp3) is 0.621. The molecule has 2 heterocycles. The third-order valence-electron chi connectivity index (χ3n) is 6.70. The number of aliphatic hydroxyl groups excluding tert-OH is 2. The van der Waals surface area contributed by atoms with Crippen LogP contribution in [0.25, 0.3) is 0 Å². The second-order valence-electron chi connectivity index (χ2n) is 10.5. The topological polar surface area (TPSA) is 212 Å². The molecule has 0 unspecified atom stereocenters. The van der Waals surface area contributed by atoms with Gasteiger partial charge in [-0.3, -0.25) is 24.0 Å². The number of carbonyl (C=O) groups excluding carboxylic acids is 5. The molecule has 1 aromatic rings. The van der Waals surface area contributed by atoms with Crippen LogP contribution in [-0.2, 0) is 68.5 Å². The van der Waals surface area contributed by atoms with E-state index >= 15 is 0 Å². The predicted molar refractivity (Wildman–Crippen MR) is 147 cm³/mol. The van der Waals surface area contributed by atoms with Crippen molar-refractivity contribution in [2.75, 3.05) is 13.2 Å². The van der Waals surface area contributed by atoms with Crippen molar-refractivity contribution < 1.29 is 72.1 Å². The Balaban J connectivity index is 1.98. The zero-order chi connectivity index (χ0) is 33.3. The molecule has 250 valence electrons. The SMILES string of the molecule is CC(=O)N[C@H]1[C@@H](O)[C@H](O[C@H]2O[C@@H](COC(C)=O)[C@H](OC(C)=O)[C@@H](OC(C)=O)[C@@H]2OC(C)=O)[C@@H](COCc2ccccc2)O[C@@H]1O. The maximum Gasteiger partial charge on any atom is 0.303 e. The molecule has 0 bridgehead atoms. The van der Waals surface area contributed by atoms with Crippen LogP contribution in [0.5, 0.6) is 0 Å². The number of carbonyl (C=O) groups is 5. The number of rotatable bonds is 12. The summed E-state index contributed by atoms with van der Waals surface area (Å²) in [6, 6.07) is 7.74. The van der Waals surface area contributed by atoms with Crippen LogP contribution in [0.3, 0.4) is 0 Å². The van der Waals surface area contributed by atoms with Gasteiger partial charge in [0.05, 0.1) is 13.2 Å². The second-order valence-corrected chi connectivity index (χ2v) is 10.5. The highest BCUT2D eigenvalue weighted by Gasteiger charge is 2.55. The average molecular weight is 642 g/mol. The van der Waals surface area contributed by atoms with Gasteiger partial charge >= 0.3 is 23.9 Å². The van der Waals surface area contributed by atoms with Crippen LogP contribution in [0.2, 0.25) is 0 Å². The molecule has 2 aliphatic heterocycles. The Morgan fingerprint density at radius 3 is 1.89 bits per heavy atom. The summed E-state index contributed by atoms with van der Waals surface area (Å²) < 4.78 is 44.9. The number of aliphatic hydroxyl groups is 2. The van der Waals surface area contributed by atoms with Crippen molar-refractivity contribution in [3.8, 4) is 0 Å². The number of hydrogen-bond acceptors (Lipinski definition) is 15. The molecule has 16 heteroatoms. The van der Waals surface area contributed by atoms with Crippen LogP contribution >= 0.6 is 0 Å². The molecule has 0 saturated carbocycles. The molecular formula is C29H39NO15. The summed E-state index contributed by atoms with van der Waals surface area (Å²) in [4.78, 5) is 59.9. The Bertz CT molecular complexity index is 1180. The minimum atomic E-state index is -1.68. The van der Waals surface area contributed by atoms with Crippen LogP contribution in [0.1, 0.15) is 40.2 Å². The summed E-state index contributed by atoms with van der Waals surface area (Å²) in [5, 5.41) is 24.4. The second kappa shape index (κ2) is 16.6. The van der Waals surface area contributed by atoms with Crippen molar-refractivity contribution in [1.82, 2.24) is 5.32 Å². The monoisotopic (exact) mass is 641 g/mol. The first-order valence-corrected chi connectivity index (χ1v) is 14.1. The zero-order valence-corrected chi connectivity index (χ0v) is 25.5. The predicted octanol–water partition coefficient (Wildman–Crippen LogP) is -0.746. The van der Waals surface area contributed by atoms with E-state index in [1.807, 2.05) is 30.3 Å². The van der Waals surface area contributed by atoms with Gasteiger partial charge in [0.15, 0.2) is 30.9 Å². The van der Waals surface area contributed by atoms with Crippen molar-refractivity contribution in [2.45, 2.75) is 103 Å². The third kappa shape index (κ3) is 10.4. The van der Waals surface area contributed by atoms with E-state index in [1.54, 1.807) is 0 Å². The van der Waals surface area contributed by atoms with Crippen LogP contribution in [0, 0.1) is 0 Å². The lowest BCUT2D eigenvalue weighted by atomic mass is 9.95. The van der Waals surface area contributed by atoms with Crippen LogP contribution < -0.4 is 5.32 Å². The van der Waals surface area contributed by atoms with E-state index < -0.39 is 97.7 Å². The van der Waals surface area contributed by atoms with Crippen molar-refractivity contribution >= 4 is 29.8 Å². The van der Waals surface area contributed by atoms with Crippen LogP contribution in [-0.4, -0.2) is 115 Å². The van der Waals surface area contributed by atoms with Crippen LogP contribution in [0.15, 0.2) is 30.3 Å². The highest BCUT2D eigenvalue weighted by Crippen LogP contribution is 2.33. The lowest BCUT2D eigenvalue weighted by molar-refractivity contribution is -0.347.